The molecule has 110 heavy (non-hydrogen) atoms. The molecule has 0 aliphatic carbocycles. The van der Waals surface area contributed by atoms with Gasteiger partial charge in [-0.05, 0) is 0 Å². The zero-order valence-electron chi connectivity index (χ0n) is 60.2. The van der Waals surface area contributed by atoms with Gasteiger partial charge in [0.25, 0.3) is 0 Å². The Bertz CT molecular complexity index is 3020. The molecule has 8 fully saturated rings. The van der Waals surface area contributed by atoms with Crippen molar-refractivity contribution in [1.82, 2.24) is 37.2 Å². The first-order valence-electron chi connectivity index (χ1n) is 35.1. The molecule has 0 bridgehead atoms. The molecule has 8 aliphatic heterocycles. The van der Waals surface area contributed by atoms with E-state index in [9.17, 15) is 131 Å². The number of nitrogens with one attached hydrogen (secondary N) is 7. The van der Waals surface area contributed by atoms with E-state index in [1.54, 1.807) is 0 Å². The van der Waals surface area contributed by atoms with Crippen LogP contribution in [-0.2, 0) is 105 Å². The van der Waals surface area contributed by atoms with Gasteiger partial charge in [-0.2, -0.15) is 0 Å². The molecule has 0 saturated carbocycles. The van der Waals surface area contributed by atoms with Crippen LogP contribution in [-0.4, -0.2) is 436 Å². The molecule has 48 nitrogen and oxygen atoms in total. The molecule has 0 aromatic rings. The van der Waals surface area contributed by atoms with E-state index in [-0.39, 0.29) is 0 Å². The summed E-state index contributed by atoms with van der Waals surface area (Å²) < 4.78 is 89.7. The first-order valence-corrected chi connectivity index (χ1v) is 35.1. The van der Waals surface area contributed by atoms with Gasteiger partial charge in [0.1, 0.15) is 195 Å². The van der Waals surface area contributed by atoms with E-state index >= 15 is 0 Å². The Labute approximate surface area is 625 Å². The molecule has 1 unspecified atom stereocenters. The third kappa shape index (κ3) is 20.8. The predicted molar refractivity (Wildman–Crippen MR) is 346 cm³/mol. The summed E-state index contributed by atoms with van der Waals surface area (Å²) in [5.41, 5.74) is 0. The molecule has 0 aromatic heterocycles. The third-order valence-electron chi connectivity index (χ3n) is 19.5. The second-order valence-electron chi connectivity index (χ2n) is 27.5. The molecule has 0 radical (unpaired) electrons. The quantitative estimate of drug-likeness (QED) is 0.0331. The number of aliphatic hydroxyl groups is 19. The lowest BCUT2D eigenvalue weighted by atomic mass is 9.92. The SMILES string of the molecule is CC(=O)N[C@H]1[C@H](O[C@H]2[C@H](O)[C@@H](NC(C)=O)[C@H](O[C@H]3[C@H](O)[C@@H](NC(C)=O)[C@H](O[C@H]4[C@H](O)[C@@H](NC(C)=O)[C@H](O[C@H]5[C@H](O)[C@@H](NC(C)=O)[C@H](O[C@H]6[C@H](O)[C@@H](NC(C)=O)[C@H](O[C@H]7[C@H](O)[C@@H](NC(C)=O)C(O)O[C@@H]7CO)O[C@@H]6CO)O[C@@H]5CO)O[C@@H]4CO)O[C@@H]3CO)O[C@@H]2CO)O[C@H](CO)[C@@H](O[C@@H]2O[C@H](CO)[C@H](O)[C@H](O)[C@H]2O)[C@@H]1O. The Morgan fingerprint density at radius 1 is 0.218 bits per heavy atom. The van der Waals surface area contributed by atoms with Gasteiger partial charge >= 0.3 is 0 Å². The van der Waals surface area contributed by atoms with Crippen molar-refractivity contribution in [2.75, 3.05) is 52.9 Å². The van der Waals surface area contributed by atoms with E-state index < -0.39 is 339 Å². The van der Waals surface area contributed by atoms with E-state index in [0.29, 0.717) is 0 Å². The van der Waals surface area contributed by atoms with Crippen LogP contribution in [0.4, 0.5) is 0 Å². The molecular formula is C62H103N7O41. The second kappa shape index (κ2) is 40.0. The Kier molecular flexibility index (Phi) is 32.9. The molecule has 7 amide bonds. The van der Waals surface area contributed by atoms with Crippen LogP contribution in [0.2, 0.25) is 0 Å². The monoisotopic (exact) mass is 1600 g/mol. The summed E-state index contributed by atoms with van der Waals surface area (Å²) in [4.78, 5) is 89.3. The largest absolute Gasteiger partial charge is 0.394 e. The summed E-state index contributed by atoms with van der Waals surface area (Å²) in [6.45, 7) is -1.30. The first kappa shape index (κ1) is 90.5. The fourth-order valence-electron chi connectivity index (χ4n) is 14.3. The van der Waals surface area contributed by atoms with Crippen molar-refractivity contribution in [2.45, 2.75) is 294 Å². The van der Waals surface area contributed by atoms with Crippen molar-refractivity contribution in [1.29, 1.82) is 0 Å². The Morgan fingerprint density at radius 3 is 0.573 bits per heavy atom. The van der Waals surface area contributed by atoms with Crippen LogP contribution in [0, 0.1) is 0 Å². The molecule has 8 heterocycles. The van der Waals surface area contributed by atoms with E-state index in [2.05, 4.69) is 37.2 Å². The predicted octanol–water partition coefficient (Wildman–Crippen LogP) is -17.4. The Hall–Kier alpha value is -5.07. The Morgan fingerprint density at radius 2 is 0.382 bits per heavy atom. The summed E-state index contributed by atoms with van der Waals surface area (Å²) in [7, 11) is 0. The average Bonchev–Trinajstić information content (AvgIpc) is 0.770. The summed E-state index contributed by atoms with van der Waals surface area (Å²) in [5.74, 6) is -6.00. The number of rotatable bonds is 29. The number of hydrogen-bond donors (Lipinski definition) is 26. The third-order valence-corrected chi connectivity index (χ3v) is 19.5. The molecule has 8 aliphatic rings. The van der Waals surface area contributed by atoms with Crippen LogP contribution >= 0.6 is 0 Å². The van der Waals surface area contributed by atoms with E-state index in [1.165, 1.54) is 0 Å². The van der Waals surface area contributed by atoms with Crippen LogP contribution in [0.3, 0.4) is 0 Å². The number of aliphatic hydroxyl groups excluding tert-OH is 19. The first-order chi connectivity index (χ1) is 52.0. The Balaban J connectivity index is 0.989. The topological polar surface area (TPSA) is 727 Å². The maximum atomic E-state index is 13.0. The summed E-state index contributed by atoms with van der Waals surface area (Å²) in [6.07, 6.45) is -62.8. The lowest BCUT2D eigenvalue weighted by Crippen LogP contribution is -2.72. The smallest absolute Gasteiger partial charge is 0.217 e. The van der Waals surface area contributed by atoms with Crippen molar-refractivity contribution in [3.8, 4) is 0 Å². The molecule has 40 atom stereocenters. The summed E-state index contributed by atoms with van der Waals surface area (Å²) in [6, 6.07) is -12.5. The molecule has 0 aromatic carbocycles. The molecule has 8 saturated heterocycles. The van der Waals surface area contributed by atoms with Gasteiger partial charge in [-0.15, -0.1) is 0 Å². The minimum Gasteiger partial charge on any atom is -0.394 e. The molecule has 26 N–H and O–H groups in total. The van der Waals surface area contributed by atoms with Crippen LogP contribution in [0.1, 0.15) is 48.5 Å². The number of hydrogen-bond acceptors (Lipinski definition) is 41. The van der Waals surface area contributed by atoms with Crippen LogP contribution in [0.15, 0.2) is 0 Å². The maximum absolute atomic E-state index is 13.0. The van der Waals surface area contributed by atoms with Crippen molar-refractivity contribution < 1.29 is 202 Å². The van der Waals surface area contributed by atoms with Gasteiger partial charge in [0.15, 0.2) is 50.3 Å². The summed E-state index contributed by atoms with van der Waals surface area (Å²) >= 11 is 0. The minimum atomic E-state index is -2.16. The van der Waals surface area contributed by atoms with Gasteiger partial charge in [0.05, 0.1) is 52.9 Å². The minimum absolute atomic E-state index is 0.727. The van der Waals surface area contributed by atoms with Crippen molar-refractivity contribution in [2.24, 2.45) is 0 Å². The highest BCUT2D eigenvalue weighted by molar-refractivity contribution is 5.75. The maximum Gasteiger partial charge on any atom is 0.217 e. The highest BCUT2D eigenvalue weighted by Gasteiger charge is 2.61. The number of carbonyl (C=O) groups excluding carboxylic acids is 7. The van der Waals surface area contributed by atoms with Gasteiger partial charge < -0.3 is 205 Å². The lowest BCUT2D eigenvalue weighted by molar-refractivity contribution is -0.375. The normalized spacial score (nSPS) is 45.1. The zero-order chi connectivity index (χ0) is 81.3. The van der Waals surface area contributed by atoms with Crippen LogP contribution < -0.4 is 37.2 Å². The van der Waals surface area contributed by atoms with E-state index in [0.717, 1.165) is 48.5 Å². The van der Waals surface area contributed by atoms with Crippen molar-refractivity contribution >= 4 is 41.4 Å². The fourth-order valence-corrected chi connectivity index (χ4v) is 14.3. The standard InChI is InChI=1S/C62H103N7O41/c1-16(78)63-31-39(86)48(24(9-71)96-55(31)95)104-56-32(64-17(2)79)40(87)49(25(10-72)98-56)105-57-33(65-18(3)80)41(88)50(26(11-73)99-57)106-58-34(66-19(4)81)42(89)51(27(12-74)100-58)107-59-35(67-20(5)82)43(90)52(28(13-75)101-59)108-60-36(68-21(6)83)44(91)53(29(14-76)102-60)109-61-37(69-22(7)84)45(92)54(30(15-77)103-61)110-62-47(94)46(93)38(85)23(8-70)97-62/h23-62,70-77,85-95H,8-15H2,1-7H3,(H,63,78)(H,64,79)(H,65,80)(H,66,81)(H,67,82)(H,68,83)(H,69,84)/t23-,24-,25-,26-,27-,28-,29-,30-,31-,32-,33-,34-,35-,36-,37-,38+,39-,40-,41-,42-,43-,44-,45-,46+,47-,48-,49-,50-,51-,52-,53-,54-,55?,56+,57+,58+,59+,60+,61+,62+/m1/s1. The number of carbonyl (C=O) groups is 7. The van der Waals surface area contributed by atoms with Gasteiger partial charge in [-0.1, -0.05) is 0 Å². The number of ether oxygens (including phenoxy) is 15. The molecule has 632 valence electrons. The van der Waals surface area contributed by atoms with Crippen LogP contribution in [0.5, 0.6) is 0 Å². The molecule has 0 spiro atoms. The van der Waals surface area contributed by atoms with Crippen LogP contribution in [0.25, 0.3) is 0 Å². The lowest BCUT2D eigenvalue weighted by Gasteiger charge is -2.52. The molecule has 8 rings (SSSR count). The average molecular weight is 1600 g/mol. The number of amides is 7. The van der Waals surface area contributed by atoms with Crippen molar-refractivity contribution in [3.63, 3.8) is 0 Å². The highest BCUT2D eigenvalue weighted by Crippen LogP contribution is 2.39. The highest BCUT2D eigenvalue weighted by atomic mass is 16.8. The van der Waals surface area contributed by atoms with Gasteiger partial charge in [-0.25, -0.2) is 0 Å². The second-order valence-corrected chi connectivity index (χ2v) is 27.5. The van der Waals surface area contributed by atoms with Crippen molar-refractivity contribution in [3.05, 3.63) is 0 Å². The van der Waals surface area contributed by atoms with Gasteiger partial charge in [0.2, 0.25) is 41.4 Å². The fraction of sp³-hybridized carbons (Fsp3) is 0.887. The molecule has 48 heteroatoms. The van der Waals surface area contributed by atoms with E-state index in [4.69, 9.17) is 71.1 Å². The summed E-state index contributed by atoms with van der Waals surface area (Å²) in [5, 5.41) is 228. The zero-order valence-corrected chi connectivity index (χ0v) is 60.2. The van der Waals surface area contributed by atoms with E-state index in [1.807, 2.05) is 0 Å². The van der Waals surface area contributed by atoms with Gasteiger partial charge in [0, 0.05) is 48.5 Å². The van der Waals surface area contributed by atoms with Gasteiger partial charge in [-0.3, -0.25) is 33.6 Å². The molecular weight excluding hydrogens is 1500 g/mol.